The SMILES string of the molecule is CC(C)(C)OC(=O)Nc1cnc(I)cc1C(=O)OC(C)(C)C. The smallest absolute Gasteiger partial charge is 0.412 e. The van der Waals surface area contributed by atoms with Crippen LogP contribution in [0.15, 0.2) is 12.3 Å². The van der Waals surface area contributed by atoms with Gasteiger partial charge in [-0.15, -0.1) is 0 Å². The lowest BCUT2D eigenvalue weighted by atomic mass is 10.1. The second-order valence-corrected chi connectivity index (χ2v) is 7.79. The number of ether oxygens (including phenoxy) is 2. The summed E-state index contributed by atoms with van der Waals surface area (Å²) in [6, 6.07) is 1.56. The second kappa shape index (κ2) is 6.80. The number of pyridine rings is 1. The Balaban J connectivity index is 3.01. The van der Waals surface area contributed by atoms with Gasteiger partial charge in [-0.3, -0.25) is 5.32 Å². The molecule has 1 aromatic rings. The molecule has 0 aliphatic carbocycles. The number of hydrogen-bond acceptors (Lipinski definition) is 5. The topological polar surface area (TPSA) is 77.5 Å². The molecule has 22 heavy (non-hydrogen) atoms. The van der Waals surface area contributed by atoms with E-state index in [1.807, 2.05) is 22.6 Å². The van der Waals surface area contributed by atoms with Crippen LogP contribution in [0.4, 0.5) is 10.5 Å². The van der Waals surface area contributed by atoms with E-state index in [0.717, 1.165) is 0 Å². The van der Waals surface area contributed by atoms with Gasteiger partial charge in [0.2, 0.25) is 0 Å². The highest BCUT2D eigenvalue weighted by atomic mass is 127. The molecule has 0 saturated heterocycles. The summed E-state index contributed by atoms with van der Waals surface area (Å²) in [6.07, 6.45) is 0.755. The van der Waals surface area contributed by atoms with Gasteiger partial charge in [-0.2, -0.15) is 0 Å². The van der Waals surface area contributed by atoms with E-state index in [1.165, 1.54) is 6.20 Å². The van der Waals surface area contributed by atoms with Crippen molar-refractivity contribution in [1.29, 1.82) is 0 Å². The number of hydrogen-bond donors (Lipinski definition) is 1. The van der Waals surface area contributed by atoms with Gasteiger partial charge in [0.05, 0.1) is 17.4 Å². The molecule has 0 spiro atoms. The average molecular weight is 420 g/mol. The lowest BCUT2D eigenvalue weighted by Gasteiger charge is -2.22. The largest absolute Gasteiger partial charge is 0.456 e. The summed E-state index contributed by atoms with van der Waals surface area (Å²) in [6.45, 7) is 10.6. The van der Waals surface area contributed by atoms with Gasteiger partial charge in [0.15, 0.2) is 0 Å². The number of esters is 1. The highest BCUT2D eigenvalue weighted by Gasteiger charge is 2.23. The summed E-state index contributed by atoms with van der Waals surface area (Å²) in [5.74, 6) is -0.529. The van der Waals surface area contributed by atoms with Gasteiger partial charge in [0, 0.05) is 0 Å². The number of nitrogens with zero attached hydrogens (tertiary/aromatic N) is 1. The standard InChI is InChI=1S/C15H21IN2O4/c1-14(2,3)21-12(19)9-7-11(16)17-8-10(9)18-13(20)22-15(4,5)6/h7-8H,1-6H3,(H,18,20). The van der Waals surface area contributed by atoms with Crippen molar-refractivity contribution in [2.45, 2.75) is 52.7 Å². The van der Waals surface area contributed by atoms with Crippen molar-refractivity contribution in [1.82, 2.24) is 4.98 Å². The third kappa shape index (κ3) is 6.59. The Hall–Kier alpha value is -1.38. The summed E-state index contributed by atoms with van der Waals surface area (Å²) in [5, 5.41) is 2.53. The van der Waals surface area contributed by atoms with Crippen molar-refractivity contribution in [2.75, 3.05) is 5.32 Å². The summed E-state index contributed by atoms with van der Waals surface area (Å²) in [5.41, 5.74) is -0.772. The van der Waals surface area contributed by atoms with Gasteiger partial charge in [-0.25, -0.2) is 14.6 Å². The molecular weight excluding hydrogens is 399 g/mol. The molecule has 0 aromatic carbocycles. The maximum Gasteiger partial charge on any atom is 0.412 e. The van der Waals surface area contributed by atoms with Crippen LogP contribution in [0, 0.1) is 3.70 Å². The van der Waals surface area contributed by atoms with Crippen molar-refractivity contribution in [3.05, 3.63) is 21.5 Å². The van der Waals surface area contributed by atoms with E-state index in [0.29, 0.717) is 3.70 Å². The number of carbonyl (C=O) groups is 2. The lowest BCUT2D eigenvalue weighted by Crippen LogP contribution is -2.29. The fraction of sp³-hybridized carbons (Fsp3) is 0.533. The number of amides is 1. The molecule has 1 N–H and O–H groups in total. The molecule has 0 unspecified atom stereocenters. The minimum Gasteiger partial charge on any atom is -0.456 e. The van der Waals surface area contributed by atoms with E-state index < -0.39 is 23.3 Å². The fourth-order valence-electron chi connectivity index (χ4n) is 1.45. The first-order chi connectivity index (χ1) is 9.87. The third-order valence-corrected chi connectivity index (χ3v) is 2.71. The van der Waals surface area contributed by atoms with Gasteiger partial charge >= 0.3 is 12.1 Å². The maximum atomic E-state index is 12.3. The fourth-order valence-corrected chi connectivity index (χ4v) is 1.90. The Labute approximate surface area is 144 Å². The minimum atomic E-state index is -0.652. The molecule has 7 heteroatoms. The Morgan fingerprint density at radius 1 is 1.09 bits per heavy atom. The van der Waals surface area contributed by atoms with Crippen LogP contribution in [0.25, 0.3) is 0 Å². The molecule has 0 bridgehead atoms. The third-order valence-electron chi connectivity index (χ3n) is 2.13. The van der Waals surface area contributed by atoms with E-state index in [1.54, 1.807) is 47.6 Å². The monoisotopic (exact) mass is 420 g/mol. The average Bonchev–Trinajstić information content (AvgIpc) is 2.26. The zero-order valence-electron chi connectivity index (χ0n) is 13.6. The molecule has 0 atom stereocenters. The molecule has 6 nitrogen and oxygen atoms in total. The van der Waals surface area contributed by atoms with Crippen LogP contribution >= 0.6 is 22.6 Å². The highest BCUT2D eigenvalue weighted by molar-refractivity contribution is 14.1. The predicted molar refractivity (Wildman–Crippen MR) is 92.0 cm³/mol. The van der Waals surface area contributed by atoms with Gasteiger partial charge in [0.1, 0.15) is 14.9 Å². The molecule has 1 heterocycles. The molecule has 1 amide bonds. The van der Waals surface area contributed by atoms with Crippen LogP contribution in [-0.2, 0) is 9.47 Å². The van der Waals surface area contributed by atoms with Crippen molar-refractivity contribution < 1.29 is 19.1 Å². The Bertz CT molecular complexity index is 574. The summed E-state index contributed by atoms with van der Waals surface area (Å²) < 4.78 is 11.1. The first-order valence-corrected chi connectivity index (χ1v) is 7.84. The van der Waals surface area contributed by atoms with Gasteiger partial charge in [0.25, 0.3) is 0 Å². The summed E-state index contributed by atoms with van der Waals surface area (Å²) in [4.78, 5) is 28.2. The van der Waals surface area contributed by atoms with Crippen LogP contribution in [-0.4, -0.2) is 28.2 Å². The molecule has 0 aliphatic rings. The number of nitrogens with one attached hydrogen (secondary N) is 1. The van der Waals surface area contributed by atoms with Crippen LogP contribution < -0.4 is 5.32 Å². The van der Waals surface area contributed by atoms with Crippen molar-refractivity contribution in [3.8, 4) is 0 Å². The number of halogens is 1. The first kappa shape index (κ1) is 18.7. The van der Waals surface area contributed by atoms with Gasteiger partial charge in [-0.05, 0) is 70.2 Å². The second-order valence-electron chi connectivity index (χ2n) is 6.68. The highest BCUT2D eigenvalue weighted by Crippen LogP contribution is 2.21. The number of rotatable bonds is 2. The van der Waals surface area contributed by atoms with Crippen LogP contribution in [0.5, 0.6) is 0 Å². The van der Waals surface area contributed by atoms with Gasteiger partial charge < -0.3 is 9.47 Å². The molecular formula is C15H21IN2O4. The quantitative estimate of drug-likeness (QED) is 0.445. The predicted octanol–water partition coefficient (Wildman–Crippen LogP) is 3.99. The molecule has 1 aromatic heterocycles. The van der Waals surface area contributed by atoms with Crippen molar-refractivity contribution in [3.63, 3.8) is 0 Å². The minimum absolute atomic E-state index is 0.236. The Kier molecular flexibility index (Phi) is 5.77. The van der Waals surface area contributed by atoms with Crippen molar-refractivity contribution in [2.24, 2.45) is 0 Å². The molecule has 0 fully saturated rings. The normalized spacial score (nSPS) is 11.8. The Morgan fingerprint density at radius 2 is 1.64 bits per heavy atom. The zero-order valence-corrected chi connectivity index (χ0v) is 15.8. The van der Waals surface area contributed by atoms with E-state index in [4.69, 9.17) is 9.47 Å². The van der Waals surface area contributed by atoms with E-state index in [2.05, 4.69) is 10.3 Å². The van der Waals surface area contributed by atoms with Gasteiger partial charge in [-0.1, -0.05) is 0 Å². The molecule has 0 saturated carbocycles. The van der Waals surface area contributed by atoms with Crippen LogP contribution in [0.3, 0.4) is 0 Å². The number of carbonyl (C=O) groups excluding carboxylic acids is 2. The number of anilines is 1. The Morgan fingerprint density at radius 3 is 2.14 bits per heavy atom. The molecule has 1 rings (SSSR count). The zero-order chi connectivity index (χ0) is 17.1. The van der Waals surface area contributed by atoms with Crippen LogP contribution in [0.1, 0.15) is 51.9 Å². The van der Waals surface area contributed by atoms with E-state index in [9.17, 15) is 9.59 Å². The van der Waals surface area contributed by atoms with E-state index >= 15 is 0 Å². The molecule has 0 aliphatic heterocycles. The van der Waals surface area contributed by atoms with Crippen molar-refractivity contribution >= 4 is 40.3 Å². The maximum absolute atomic E-state index is 12.3. The molecule has 0 radical (unpaired) electrons. The first-order valence-electron chi connectivity index (χ1n) is 6.76. The lowest BCUT2D eigenvalue weighted by molar-refractivity contribution is 0.00705. The van der Waals surface area contributed by atoms with E-state index in [-0.39, 0.29) is 11.3 Å². The number of aromatic nitrogens is 1. The summed E-state index contributed by atoms with van der Waals surface area (Å²) in [7, 11) is 0. The summed E-state index contributed by atoms with van der Waals surface area (Å²) >= 11 is 1.99. The van der Waals surface area contributed by atoms with Crippen LogP contribution in [0.2, 0.25) is 0 Å². The molecule has 122 valence electrons.